The number of nitrogens with zero attached hydrogens (tertiary/aromatic N) is 1. The molecule has 3 unspecified atom stereocenters. The highest BCUT2D eigenvalue weighted by molar-refractivity contribution is 4.97. The zero-order valence-electron chi connectivity index (χ0n) is 12.3. The summed E-state index contributed by atoms with van der Waals surface area (Å²) < 4.78 is 0. The van der Waals surface area contributed by atoms with E-state index in [1.54, 1.807) is 0 Å². The molecule has 1 aliphatic heterocycles. The number of likely N-dealkylation sites (N-methyl/N-ethyl adjacent to an activating group) is 1. The van der Waals surface area contributed by atoms with Gasteiger partial charge in [-0.05, 0) is 57.5 Å². The summed E-state index contributed by atoms with van der Waals surface area (Å²) in [7, 11) is 2.00. The topological polar surface area (TPSA) is 35.5 Å². The lowest BCUT2D eigenvalue weighted by atomic mass is 9.79. The molecule has 0 aromatic rings. The van der Waals surface area contributed by atoms with Gasteiger partial charge in [-0.25, -0.2) is 0 Å². The van der Waals surface area contributed by atoms with E-state index in [4.69, 9.17) is 0 Å². The summed E-state index contributed by atoms with van der Waals surface area (Å²) in [6.45, 7) is 7.51. The number of nitrogens with one attached hydrogen (secondary N) is 1. The van der Waals surface area contributed by atoms with Crippen molar-refractivity contribution in [2.45, 2.75) is 57.5 Å². The Morgan fingerprint density at radius 2 is 2.17 bits per heavy atom. The number of hydrogen-bond acceptors (Lipinski definition) is 3. The van der Waals surface area contributed by atoms with E-state index >= 15 is 0 Å². The molecule has 0 aromatic carbocycles. The molecule has 2 aliphatic rings. The molecule has 0 bridgehead atoms. The highest BCUT2D eigenvalue weighted by Gasteiger charge is 2.39. The standard InChI is InChI=1S/C15H30N2O/c1-12(2)13-6-8-17(10-13)14-5-4-7-15(9-14,11-18)16-3/h12-14,16,18H,4-11H2,1-3H3. The van der Waals surface area contributed by atoms with E-state index in [-0.39, 0.29) is 12.1 Å². The van der Waals surface area contributed by atoms with Crippen LogP contribution in [0.4, 0.5) is 0 Å². The second-order valence-electron chi connectivity index (χ2n) is 6.73. The average molecular weight is 254 g/mol. The molecule has 18 heavy (non-hydrogen) atoms. The molecule has 1 aliphatic carbocycles. The van der Waals surface area contributed by atoms with Gasteiger partial charge in [-0.2, -0.15) is 0 Å². The number of rotatable bonds is 4. The summed E-state index contributed by atoms with van der Waals surface area (Å²) >= 11 is 0. The molecule has 106 valence electrons. The van der Waals surface area contributed by atoms with Crippen molar-refractivity contribution in [2.75, 3.05) is 26.7 Å². The lowest BCUT2D eigenvalue weighted by Crippen LogP contribution is -2.54. The third-order valence-corrected chi connectivity index (χ3v) is 5.37. The number of likely N-dealkylation sites (tertiary alicyclic amines) is 1. The first kappa shape index (κ1) is 14.3. The second-order valence-corrected chi connectivity index (χ2v) is 6.73. The van der Waals surface area contributed by atoms with Gasteiger partial charge in [0.15, 0.2) is 0 Å². The summed E-state index contributed by atoms with van der Waals surface area (Å²) in [5, 5.41) is 13.0. The van der Waals surface area contributed by atoms with Gasteiger partial charge in [0.1, 0.15) is 0 Å². The van der Waals surface area contributed by atoms with Crippen molar-refractivity contribution in [2.24, 2.45) is 11.8 Å². The molecule has 2 fully saturated rings. The van der Waals surface area contributed by atoms with Gasteiger partial charge in [-0.1, -0.05) is 13.8 Å². The molecule has 1 saturated carbocycles. The summed E-state index contributed by atoms with van der Waals surface area (Å²) in [5.41, 5.74) is -0.0150. The molecular weight excluding hydrogens is 224 g/mol. The van der Waals surface area contributed by atoms with Gasteiger partial charge in [0.05, 0.1) is 6.61 Å². The minimum absolute atomic E-state index is 0.0150. The van der Waals surface area contributed by atoms with Crippen LogP contribution < -0.4 is 5.32 Å². The van der Waals surface area contributed by atoms with Gasteiger partial charge < -0.3 is 15.3 Å². The quantitative estimate of drug-likeness (QED) is 0.804. The molecule has 3 heteroatoms. The van der Waals surface area contributed by atoms with Crippen LogP contribution in [-0.4, -0.2) is 48.3 Å². The summed E-state index contributed by atoms with van der Waals surface area (Å²) in [4.78, 5) is 2.69. The van der Waals surface area contributed by atoms with Gasteiger partial charge in [0.2, 0.25) is 0 Å². The van der Waals surface area contributed by atoms with E-state index in [2.05, 4.69) is 24.1 Å². The predicted octanol–water partition coefficient (Wildman–Crippen LogP) is 1.86. The number of hydrogen-bond donors (Lipinski definition) is 2. The molecule has 0 radical (unpaired) electrons. The Bertz CT molecular complexity index is 263. The molecule has 2 N–H and O–H groups in total. The van der Waals surface area contributed by atoms with Crippen molar-refractivity contribution in [1.82, 2.24) is 10.2 Å². The highest BCUT2D eigenvalue weighted by Crippen LogP contribution is 2.34. The Balaban J connectivity index is 1.94. The molecular formula is C15H30N2O. The zero-order valence-corrected chi connectivity index (χ0v) is 12.3. The highest BCUT2D eigenvalue weighted by atomic mass is 16.3. The Hall–Kier alpha value is -0.120. The Labute approximate surface area is 112 Å². The maximum absolute atomic E-state index is 9.66. The second kappa shape index (κ2) is 5.89. The minimum atomic E-state index is -0.0150. The fourth-order valence-corrected chi connectivity index (χ4v) is 3.78. The average Bonchev–Trinajstić information content (AvgIpc) is 2.88. The summed E-state index contributed by atoms with van der Waals surface area (Å²) in [6, 6.07) is 0.682. The van der Waals surface area contributed by atoms with Crippen LogP contribution in [-0.2, 0) is 0 Å². The van der Waals surface area contributed by atoms with E-state index in [0.717, 1.165) is 24.7 Å². The zero-order chi connectivity index (χ0) is 13.2. The monoisotopic (exact) mass is 254 g/mol. The van der Waals surface area contributed by atoms with Gasteiger partial charge >= 0.3 is 0 Å². The SMILES string of the molecule is CNC1(CO)CCCC(N2CCC(C(C)C)C2)C1. The van der Waals surface area contributed by atoms with Crippen molar-refractivity contribution < 1.29 is 5.11 Å². The molecule has 0 amide bonds. The van der Waals surface area contributed by atoms with Crippen LogP contribution in [0.15, 0.2) is 0 Å². The predicted molar refractivity (Wildman–Crippen MR) is 75.7 cm³/mol. The molecule has 1 saturated heterocycles. The molecule has 2 rings (SSSR count). The number of aliphatic hydroxyl groups excluding tert-OH is 1. The third-order valence-electron chi connectivity index (χ3n) is 5.37. The van der Waals surface area contributed by atoms with Crippen LogP contribution in [0.1, 0.15) is 46.0 Å². The van der Waals surface area contributed by atoms with Crippen LogP contribution in [0.25, 0.3) is 0 Å². The first-order valence-corrected chi connectivity index (χ1v) is 7.64. The molecule has 3 atom stereocenters. The Morgan fingerprint density at radius 3 is 2.72 bits per heavy atom. The van der Waals surface area contributed by atoms with E-state index < -0.39 is 0 Å². The fourth-order valence-electron chi connectivity index (χ4n) is 3.78. The van der Waals surface area contributed by atoms with Gasteiger partial charge in [0, 0.05) is 18.1 Å². The Morgan fingerprint density at radius 1 is 1.39 bits per heavy atom. The van der Waals surface area contributed by atoms with Crippen molar-refractivity contribution in [3.63, 3.8) is 0 Å². The maximum Gasteiger partial charge on any atom is 0.0613 e. The maximum atomic E-state index is 9.66. The Kier molecular flexibility index (Phi) is 4.68. The lowest BCUT2D eigenvalue weighted by molar-refractivity contribution is 0.0716. The van der Waals surface area contributed by atoms with Gasteiger partial charge in [-0.3, -0.25) is 0 Å². The van der Waals surface area contributed by atoms with Gasteiger partial charge in [0.25, 0.3) is 0 Å². The van der Waals surface area contributed by atoms with Gasteiger partial charge in [-0.15, -0.1) is 0 Å². The van der Waals surface area contributed by atoms with E-state index in [1.807, 2.05) is 7.05 Å². The van der Waals surface area contributed by atoms with Crippen molar-refractivity contribution in [3.05, 3.63) is 0 Å². The number of aliphatic hydroxyl groups is 1. The summed E-state index contributed by atoms with van der Waals surface area (Å²) in [5.74, 6) is 1.69. The molecule has 0 spiro atoms. The van der Waals surface area contributed by atoms with E-state index in [1.165, 1.54) is 32.4 Å². The lowest BCUT2D eigenvalue weighted by Gasteiger charge is -2.43. The van der Waals surface area contributed by atoms with Crippen LogP contribution in [0, 0.1) is 11.8 Å². The smallest absolute Gasteiger partial charge is 0.0613 e. The molecule has 0 aromatic heterocycles. The van der Waals surface area contributed by atoms with Crippen LogP contribution in [0.5, 0.6) is 0 Å². The van der Waals surface area contributed by atoms with E-state index in [9.17, 15) is 5.11 Å². The van der Waals surface area contributed by atoms with E-state index in [0.29, 0.717) is 6.04 Å². The van der Waals surface area contributed by atoms with Crippen LogP contribution in [0.2, 0.25) is 0 Å². The molecule has 1 heterocycles. The first-order chi connectivity index (χ1) is 8.60. The molecule has 3 nitrogen and oxygen atoms in total. The third kappa shape index (κ3) is 2.89. The van der Waals surface area contributed by atoms with Crippen molar-refractivity contribution in [3.8, 4) is 0 Å². The van der Waals surface area contributed by atoms with Crippen LogP contribution >= 0.6 is 0 Å². The van der Waals surface area contributed by atoms with Crippen molar-refractivity contribution in [1.29, 1.82) is 0 Å². The first-order valence-electron chi connectivity index (χ1n) is 7.64. The summed E-state index contributed by atoms with van der Waals surface area (Å²) in [6.07, 6.45) is 6.16. The van der Waals surface area contributed by atoms with Crippen LogP contribution in [0.3, 0.4) is 0 Å². The minimum Gasteiger partial charge on any atom is -0.394 e. The normalized spacial score (nSPS) is 38.5. The van der Waals surface area contributed by atoms with Crippen molar-refractivity contribution >= 4 is 0 Å². The largest absolute Gasteiger partial charge is 0.394 e. The fraction of sp³-hybridized carbons (Fsp3) is 1.00.